The molecule has 0 fully saturated rings. The molecule has 0 saturated carbocycles. The van der Waals surface area contributed by atoms with Crippen LogP contribution in [-0.2, 0) is 16.0 Å². The van der Waals surface area contributed by atoms with Crippen molar-refractivity contribution in [3.63, 3.8) is 0 Å². The molecule has 20 heavy (non-hydrogen) atoms. The molecule has 0 radical (unpaired) electrons. The predicted octanol–water partition coefficient (Wildman–Crippen LogP) is 4.12. The molecular formula is C16H23BrO3. The fraction of sp³-hybridized carbons (Fsp3) is 0.562. The van der Waals surface area contributed by atoms with Gasteiger partial charge in [0.1, 0.15) is 5.75 Å². The lowest BCUT2D eigenvalue weighted by molar-refractivity contribution is -0.158. The van der Waals surface area contributed by atoms with Crippen LogP contribution in [0.25, 0.3) is 0 Å². The Morgan fingerprint density at radius 1 is 1.30 bits per heavy atom. The Balaban J connectivity index is 2.67. The molecule has 1 aromatic carbocycles. The van der Waals surface area contributed by atoms with Gasteiger partial charge >= 0.3 is 5.97 Å². The van der Waals surface area contributed by atoms with E-state index in [2.05, 4.69) is 22.0 Å². The highest BCUT2D eigenvalue weighted by Gasteiger charge is 2.31. The number of carbonyl (C=O) groups is 1. The van der Waals surface area contributed by atoms with Crippen LogP contribution in [0.3, 0.4) is 0 Å². The van der Waals surface area contributed by atoms with Gasteiger partial charge in [0.25, 0.3) is 0 Å². The third-order valence-corrected chi connectivity index (χ3v) is 3.45. The first-order valence-electron chi connectivity index (χ1n) is 7.00. The van der Waals surface area contributed by atoms with Gasteiger partial charge in [-0.2, -0.15) is 0 Å². The van der Waals surface area contributed by atoms with E-state index in [0.29, 0.717) is 12.4 Å². The van der Waals surface area contributed by atoms with Gasteiger partial charge in [0, 0.05) is 5.33 Å². The standard InChI is InChI=1S/C16H23BrO3/c1-4-19-15(18)16(2,3)20-14-10-7-9-13(12-14)8-5-6-11-17/h7,9-10,12H,4-6,8,11H2,1-3H3. The molecule has 1 rings (SSSR count). The minimum atomic E-state index is -0.968. The molecule has 0 bridgehead atoms. The van der Waals surface area contributed by atoms with Crippen molar-refractivity contribution < 1.29 is 14.3 Å². The highest BCUT2D eigenvalue weighted by atomic mass is 79.9. The van der Waals surface area contributed by atoms with Gasteiger partial charge in [-0.3, -0.25) is 0 Å². The van der Waals surface area contributed by atoms with Crippen molar-refractivity contribution in [2.45, 2.75) is 45.6 Å². The van der Waals surface area contributed by atoms with Crippen molar-refractivity contribution in [1.29, 1.82) is 0 Å². The summed E-state index contributed by atoms with van der Waals surface area (Å²) in [5.74, 6) is 0.365. The molecule has 0 spiro atoms. The normalized spacial score (nSPS) is 11.2. The topological polar surface area (TPSA) is 35.5 Å². The molecule has 0 heterocycles. The molecule has 3 nitrogen and oxygen atoms in total. The van der Waals surface area contributed by atoms with E-state index >= 15 is 0 Å². The van der Waals surface area contributed by atoms with E-state index in [1.54, 1.807) is 20.8 Å². The largest absolute Gasteiger partial charge is 0.476 e. The molecule has 0 amide bonds. The Bertz CT molecular complexity index is 429. The van der Waals surface area contributed by atoms with E-state index in [0.717, 1.165) is 24.6 Å². The minimum Gasteiger partial charge on any atom is -0.476 e. The van der Waals surface area contributed by atoms with E-state index in [4.69, 9.17) is 9.47 Å². The quantitative estimate of drug-likeness (QED) is 0.405. The summed E-state index contributed by atoms with van der Waals surface area (Å²) >= 11 is 3.43. The summed E-state index contributed by atoms with van der Waals surface area (Å²) < 4.78 is 10.8. The van der Waals surface area contributed by atoms with Crippen LogP contribution >= 0.6 is 15.9 Å². The van der Waals surface area contributed by atoms with E-state index in [1.165, 1.54) is 5.56 Å². The number of halogens is 1. The molecule has 0 aliphatic rings. The van der Waals surface area contributed by atoms with E-state index in [-0.39, 0.29) is 5.97 Å². The first kappa shape index (κ1) is 17.0. The third-order valence-electron chi connectivity index (χ3n) is 2.89. The smallest absolute Gasteiger partial charge is 0.349 e. The first-order valence-corrected chi connectivity index (χ1v) is 8.13. The lowest BCUT2D eigenvalue weighted by Gasteiger charge is -2.24. The number of carbonyl (C=O) groups excluding carboxylic acids is 1. The molecule has 0 aliphatic heterocycles. The number of unbranched alkanes of at least 4 members (excludes halogenated alkanes) is 1. The number of aryl methyl sites for hydroxylation is 1. The van der Waals surface area contributed by atoms with E-state index in [9.17, 15) is 4.79 Å². The van der Waals surface area contributed by atoms with Gasteiger partial charge in [-0.1, -0.05) is 28.1 Å². The Morgan fingerprint density at radius 3 is 2.70 bits per heavy atom. The van der Waals surface area contributed by atoms with Gasteiger partial charge in [0.05, 0.1) is 6.61 Å². The van der Waals surface area contributed by atoms with Crippen molar-refractivity contribution in [2.75, 3.05) is 11.9 Å². The molecule has 0 unspecified atom stereocenters. The number of benzene rings is 1. The maximum absolute atomic E-state index is 11.8. The number of rotatable bonds is 8. The molecule has 0 atom stereocenters. The SMILES string of the molecule is CCOC(=O)C(C)(C)Oc1cccc(CCCCBr)c1. The van der Waals surface area contributed by atoms with E-state index < -0.39 is 5.60 Å². The average molecular weight is 343 g/mol. The van der Waals surface area contributed by atoms with Gasteiger partial charge in [0.2, 0.25) is 0 Å². The number of hydrogen-bond acceptors (Lipinski definition) is 3. The number of ether oxygens (including phenoxy) is 2. The summed E-state index contributed by atoms with van der Waals surface area (Å²) in [5.41, 5.74) is 0.257. The summed E-state index contributed by atoms with van der Waals surface area (Å²) in [6.07, 6.45) is 3.30. The van der Waals surface area contributed by atoms with Gasteiger partial charge in [-0.25, -0.2) is 4.79 Å². The van der Waals surface area contributed by atoms with Crippen LogP contribution < -0.4 is 4.74 Å². The van der Waals surface area contributed by atoms with Crippen molar-refractivity contribution >= 4 is 21.9 Å². The fourth-order valence-corrected chi connectivity index (χ4v) is 2.23. The second kappa shape index (κ2) is 8.30. The number of esters is 1. The monoisotopic (exact) mass is 342 g/mol. The zero-order valence-corrected chi connectivity index (χ0v) is 14.0. The van der Waals surface area contributed by atoms with Crippen LogP contribution in [-0.4, -0.2) is 23.5 Å². The molecule has 0 aromatic heterocycles. The summed E-state index contributed by atoms with van der Waals surface area (Å²) in [6.45, 7) is 5.60. The van der Waals surface area contributed by atoms with Crippen molar-refractivity contribution in [3.8, 4) is 5.75 Å². The number of hydrogen-bond donors (Lipinski definition) is 0. The summed E-state index contributed by atoms with van der Waals surface area (Å²) in [5, 5.41) is 1.03. The van der Waals surface area contributed by atoms with Crippen LogP contribution in [0.5, 0.6) is 5.75 Å². The van der Waals surface area contributed by atoms with Crippen LogP contribution in [0, 0.1) is 0 Å². The number of alkyl halides is 1. The average Bonchev–Trinajstić information content (AvgIpc) is 2.39. The van der Waals surface area contributed by atoms with Gasteiger partial charge in [0.15, 0.2) is 5.60 Å². The highest BCUT2D eigenvalue weighted by molar-refractivity contribution is 9.09. The van der Waals surface area contributed by atoms with Gasteiger partial charge in [-0.15, -0.1) is 0 Å². The maximum Gasteiger partial charge on any atom is 0.349 e. The maximum atomic E-state index is 11.8. The Morgan fingerprint density at radius 2 is 2.05 bits per heavy atom. The van der Waals surface area contributed by atoms with Crippen LogP contribution in [0.4, 0.5) is 0 Å². The summed E-state index contributed by atoms with van der Waals surface area (Å²) in [4.78, 5) is 11.8. The third kappa shape index (κ3) is 5.53. The zero-order valence-electron chi connectivity index (χ0n) is 12.4. The Hall–Kier alpha value is -1.03. The second-order valence-electron chi connectivity index (χ2n) is 5.13. The predicted molar refractivity (Wildman–Crippen MR) is 84.5 cm³/mol. The Labute approximate surface area is 129 Å². The van der Waals surface area contributed by atoms with Gasteiger partial charge in [-0.05, 0) is 57.7 Å². The summed E-state index contributed by atoms with van der Waals surface area (Å²) in [7, 11) is 0. The fourth-order valence-electron chi connectivity index (χ4n) is 1.83. The molecule has 1 aromatic rings. The first-order chi connectivity index (χ1) is 9.49. The molecule has 0 N–H and O–H groups in total. The van der Waals surface area contributed by atoms with Crippen LogP contribution in [0.1, 0.15) is 39.2 Å². The van der Waals surface area contributed by atoms with Gasteiger partial charge < -0.3 is 9.47 Å². The van der Waals surface area contributed by atoms with Crippen molar-refractivity contribution in [2.24, 2.45) is 0 Å². The molecule has 0 saturated heterocycles. The molecule has 112 valence electrons. The highest BCUT2D eigenvalue weighted by Crippen LogP contribution is 2.21. The minimum absolute atomic E-state index is 0.343. The molecule has 0 aliphatic carbocycles. The molecule has 4 heteroatoms. The van der Waals surface area contributed by atoms with E-state index in [1.807, 2.05) is 18.2 Å². The molecular weight excluding hydrogens is 320 g/mol. The van der Waals surface area contributed by atoms with Crippen LogP contribution in [0.2, 0.25) is 0 Å². The van der Waals surface area contributed by atoms with Crippen molar-refractivity contribution in [3.05, 3.63) is 29.8 Å². The zero-order chi connectivity index (χ0) is 15.0. The summed E-state index contributed by atoms with van der Waals surface area (Å²) in [6, 6.07) is 7.91. The van der Waals surface area contributed by atoms with Crippen LogP contribution in [0.15, 0.2) is 24.3 Å². The lowest BCUT2D eigenvalue weighted by Crippen LogP contribution is -2.39. The Kier molecular flexibility index (Phi) is 7.06. The van der Waals surface area contributed by atoms with Crippen molar-refractivity contribution in [1.82, 2.24) is 0 Å². The second-order valence-corrected chi connectivity index (χ2v) is 5.92. The lowest BCUT2D eigenvalue weighted by atomic mass is 10.1.